The maximum atomic E-state index is 9.92. The Morgan fingerprint density at radius 3 is 2.42 bits per heavy atom. The molecule has 4 heteroatoms. The number of β-amino-alcohol motifs (C(OH)–C–C–N with tert-alkyl or cyclic N) is 1. The fraction of sp³-hybridized carbons (Fsp3) is 0.600. The summed E-state index contributed by atoms with van der Waals surface area (Å²) < 4.78 is 0. The van der Waals surface area contributed by atoms with Crippen LogP contribution >= 0.6 is 0 Å². The number of hydrogen-bond acceptors (Lipinski definition) is 4. The Hall–Kier alpha value is -0.940. The third-order valence-electron chi connectivity index (χ3n) is 4.28. The number of benzene rings is 1. The molecule has 2 unspecified atom stereocenters. The highest BCUT2D eigenvalue weighted by atomic mass is 16.3. The number of aliphatic hydroxyl groups is 1. The smallest absolute Gasteiger partial charge is 0.0831 e. The lowest BCUT2D eigenvalue weighted by atomic mass is 10.1. The molecule has 1 aromatic rings. The Kier molecular flexibility index (Phi) is 4.13. The van der Waals surface area contributed by atoms with Crippen molar-refractivity contribution in [2.75, 3.05) is 39.3 Å². The van der Waals surface area contributed by atoms with Crippen molar-refractivity contribution in [2.24, 2.45) is 0 Å². The van der Waals surface area contributed by atoms with Crippen LogP contribution in [0.3, 0.4) is 0 Å². The van der Waals surface area contributed by atoms with Crippen LogP contribution in [0, 0.1) is 0 Å². The van der Waals surface area contributed by atoms with Gasteiger partial charge in [-0.1, -0.05) is 30.3 Å². The maximum absolute atomic E-state index is 9.92. The summed E-state index contributed by atoms with van der Waals surface area (Å²) in [6.07, 6.45) is -0.194. The molecule has 0 amide bonds. The van der Waals surface area contributed by atoms with Crippen molar-refractivity contribution in [3.63, 3.8) is 0 Å². The normalized spacial score (nSPS) is 29.7. The van der Waals surface area contributed by atoms with Gasteiger partial charge in [0.25, 0.3) is 0 Å². The van der Waals surface area contributed by atoms with Crippen LogP contribution in [0.4, 0.5) is 0 Å². The van der Waals surface area contributed by atoms with Gasteiger partial charge in [0.1, 0.15) is 0 Å². The minimum Gasteiger partial charge on any atom is -0.390 e. The molecule has 2 N–H and O–H groups in total. The molecule has 104 valence electrons. The number of rotatable bonds is 3. The summed E-state index contributed by atoms with van der Waals surface area (Å²) in [5, 5.41) is 13.2. The van der Waals surface area contributed by atoms with Crippen LogP contribution in [0.25, 0.3) is 0 Å². The van der Waals surface area contributed by atoms with Gasteiger partial charge < -0.3 is 10.4 Å². The average molecular weight is 261 g/mol. The van der Waals surface area contributed by atoms with Crippen LogP contribution in [-0.2, 0) is 6.54 Å². The summed E-state index contributed by atoms with van der Waals surface area (Å²) in [5.74, 6) is 0. The third kappa shape index (κ3) is 3.15. The van der Waals surface area contributed by atoms with Crippen LogP contribution in [0.1, 0.15) is 5.56 Å². The van der Waals surface area contributed by atoms with Gasteiger partial charge in [0, 0.05) is 51.9 Å². The van der Waals surface area contributed by atoms with E-state index < -0.39 is 0 Å². The Labute approximate surface area is 115 Å². The summed E-state index contributed by atoms with van der Waals surface area (Å²) in [5.41, 5.74) is 1.39. The predicted molar refractivity (Wildman–Crippen MR) is 76.0 cm³/mol. The molecule has 4 nitrogen and oxygen atoms in total. The first-order valence-corrected chi connectivity index (χ1v) is 7.22. The summed E-state index contributed by atoms with van der Waals surface area (Å²) in [4.78, 5) is 4.94. The van der Waals surface area contributed by atoms with Gasteiger partial charge in [-0.25, -0.2) is 0 Å². The van der Waals surface area contributed by atoms with Crippen molar-refractivity contribution >= 4 is 0 Å². The second kappa shape index (κ2) is 6.01. The fourth-order valence-electron chi connectivity index (χ4n) is 3.12. The first kappa shape index (κ1) is 13.1. The van der Waals surface area contributed by atoms with Gasteiger partial charge >= 0.3 is 0 Å². The van der Waals surface area contributed by atoms with Crippen molar-refractivity contribution in [1.82, 2.24) is 15.1 Å². The van der Waals surface area contributed by atoms with E-state index in [1.165, 1.54) is 5.56 Å². The summed E-state index contributed by atoms with van der Waals surface area (Å²) in [6, 6.07) is 11.0. The van der Waals surface area contributed by atoms with Crippen LogP contribution in [-0.4, -0.2) is 66.3 Å². The summed E-state index contributed by atoms with van der Waals surface area (Å²) in [6.45, 7) is 7.04. The molecule has 2 atom stereocenters. The van der Waals surface area contributed by atoms with E-state index in [0.29, 0.717) is 6.04 Å². The molecule has 2 aliphatic heterocycles. The largest absolute Gasteiger partial charge is 0.390 e. The molecule has 3 rings (SSSR count). The molecule has 0 aromatic heterocycles. The van der Waals surface area contributed by atoms with E-state index in [0.717, 1.165) is 45.8 Å². The van der Waals surface area contributed by atoms with Crippen molar-refractivity contribution in [3.05, 3.63) is 35.9 Å². The first-order valence-electron chi connectivity index (χ1n) is 7.22. The highest BCUT2D eigenvalue weighted by molar-refractivity contribution is 5.14. The molecule has 2 heterocycles. The van der Waals surface area contributed by atoms with Gasteiger partial charge in [0.05, 0.1) is 6.10 Å². The maximum Gasteiger partial charge on any atom is 0.0831 e. The SMILES string of the molecule is OC1CNCC1N1CCN(Cc2ccccc2)CC1. The highest BCUT2D eigenvalue weighted by Crippen LogP contribution is 2.14. The topological polar surface area (TPSA) is 38.7 Å². The van der Waals surface area contributed by atoms with Gasteiger partial charge in [-0.2, -0.15) is 0 Å². The predicted octanol–water partition coefficient (Wildman–Crippen LogP) is 0.137. The molecule has 0 aliphatic carbocycles. The van der Waals surface area contributed by atoms with Gasteiger partial charge in [-0.3, -0.25) is 9.80 Å². The number of piperazine rings is 1. The van der Waals surface area contributed by atoms with E-state index in [-0.39, 0.29) is 6.10 Å². The van der Waals surface area contributed by atoms with E-state index in [2.05, 4.69) is 45.4 Å². The Morgan fingerprint density at radius 1 is 1.05 bits per heavy atom. The van der Waals surface area contributed by atoms with Crippen LogP contribution in [0.2, 0.25) is 0 Å². The second-order valence-corrected chi connectivity index (χ2v) is 5.59. The zero-order valence-electron chi connectivity index (χ0n) is 11.3. The lowest BCUT2D eigenvalue weighted by molar-refractivity contribution is 0.0424. The number of nitrogens with one attached hydrogen (secondary N) is 1. The fourth-order valence-corrected chi connectivity index (χ4v) is 3.12. The minimum absolute atomic E-state index is 0.194. The van der Waals surface area contributed by atoms with E-state index >= 15 is 0 Å². The monoisotopic (exact) mass is 261 g/mol. The second-order valence-electron chi connectivity index (χ2n) is 5.59. The molecular weight excluding hydrogens is 238 g/mol. The molecular formula is C15H23N3O. The molecule has 0 radical (unpaired) electrons. The van der Waals surface area contributed by atoms with Crippen molar-refractivity contribution in [3.8, 4) is 0 Å². The average Bonchev–Trinajstić information content (AvgIpc) is 2.87. The van der Waals surface area contributed by atoms with Gasteiger partial charge in [0.15, 0.2) is 0 Å². The number of aliphatic hydroxyl groups excluding tert-OH is 1. The quantitative estimate of drug-likeness (QED) is 0.812. The van der Waals surface area contributed by atoms with Gasteiger partial charge in [-0.05, 0) is 5.56 Å². The molecule has 0 saturated carbocycles. The van der Waals surface area contributed by atoms with Gasteiger partial charge in [-0.15, -0.1) is 0 Å². The van der Waals surface area contributed by atoms with E-state index in [9.17, 15) is 5.11 Å². The lowest BCUT2D eigenvalue weighted by Gasteiger charge is -2.38. The number of hydrogen-bond donors (Lipinski definition) is 2. The third-order valence-corrected chi connectivity index (χ3v) is 4.28. The van der Waals surface area contributed by atoms with Crippen LogP contribution < -0.4 is 5.32 Å². The van der Waals surface area contributed by atoms with E-state index in [1.807, 2.05) is 0 Å². The van der Waals surface area contributed by atoms with Crippen molar-refractivity contribution < 1.29 is 5.11 Å². The molecule has 2 aliphatic rings. The van der Waals surface area contributed by atoms with Crippen molar-refractivity contribution in [1.29, 1.82) is 0 Å². The number of nitrogens with zero attached hydrogens (tertiary/aromatic N) is 2. The molecule has 0 spiro atoms. The van der Waals surface area contributed by atoms with Crippen molar-refractivity contribution in [2.45, 2.75) is 18.7 Å². The Bertz CT molecular complexity index is 390. The first-order chi connectivity index (χ1) is 9.33. The van der Waals surface area contributed by atoms with E-state index in [1.54, 1.807) is 0 Å². The standard InChI is InChI=1S/C15H23N3O/c19-15-11-16-10-14(15)18-8-6-17(7-9-18)12-13-4-2-1-3-5-13/h1-5,14-16,19H,6-12H2. The molecule has 1 aromatic carbocycles. The molecule has 0 bridgehead atoms. The van der Waals surface area contributed by atoms with Crippen LogP contribution in [0.5, 0.6) is 0 Å². The molecule has 2 saturated heterocycles. The Morgan fingerprint density at radius 2 is 1.79 bits per heavy atom. The highest BCUT2D eigenvalue weighted by Gasteiger charge is 2.32. The minimum atomic E-state index is -0.194. The van der Waals surface area contributed by atoms with Gasteiger partial charge in [0.2, 0.25) is 0 Å². The Balaban J connectivity index is 1.49. The lowest BCUT2D eigenvalue weighted by Crippen LogP contribution is -2.53. The molecule has 19 heavy (non-hydrogen) atoms. The molecule has 2 fully saturated rings. The zero-order valence-corrected chi connectivity index (χ0v) is 11.3. The van der Waals surface area contributed by atoms with Crippen LogP contribution in [0.15, 0.2) is 30.3 Å². The van der Waals surface area contributed by atoms with E-state index in [4.69, 9.17) is 0 Å². The summed E-state index contributed by atoms with van der Waals surface area (Å²) >= 11 is 0. The zero-order chi connectivity index (χ0) is 13.1. The summed E-state index contributed by atoms with van der Waals surface area (Å²) in [7, 11) is 0.